The first-order valence-electron chi connectivity index (χ1n) is 11.0. The van der Waals surface area contributed by atoms with Gasteiger partial charge in [-0.05, 0) is 48.4 Å². The molecule has 6 nitrogen and oxygen atoms in total. The number of thioether (sulfide) groups is 1. The number of nitrogens with zero attached hydrogens (tertiary/aromatic N) is 1. The zero-order chi connectivity index (χ0) is 25.7. The maximum absolute atomic E-state index is 13.2. The second-order valence-electron chi connectivity index (χ2n) is 7.88. The minimum atomic E-state index is -0.334. The number of halogens is 1. The highest BCUT2D eigenvalue weighted by molar-refractivity contribution is 8.26. The molecular weight excluding hydrogens is 516 g/mol. The zero-order valence-corrected chi connectivity index (χ0v) is 22.0. The van der Waals surface area contributed by atoms with Crippen LogP contribution in [-0.4, -0.2) is 34.8 Å². The molecule has 1 aliphatic heterocycles. The number of anilines is 1. The van der Waals surface area contributed by atoms with E-state index in [0.29, 0.717) is 26.2 Å². The molecule has 184 valence electrons. The number of carbonyl (C=O) groups excluding carboxylic acids is 2. The number of benzene rings is 3. The zero-order valence-electron chi connectivity index (χ0n) is 19.6. The summed E-state index contributed by atoms with van der Waals surface area (Å²) in [5, 5.41) is 3.00. The fraction of sp³-hybridized carbons (Fsp3) is 0.148. The number of hydrogen-bond acceptors (Lipinski definition) is 6. The van der Waals surface area contributed by atoms with Crippen LogP contribution in [0.3, 0.4) is 0 Å². The van der Waals surface area contributed by atoms with Crippen molar-refractivity contribution >= 4 is 63.5 Å². The van der Waals surface area contributed by atoms with E-state index in [0.717, 1.165) is 5.56 Å². The van der Waals surface area contributed by atoms with Crippen molar-refractivity contribution in [2.24, 2.45) is 0 Å². The summed E-state index contributed by atoms with van der Waals surface area (Å²) >= 11 is 13.2. The Bertz CT molecular complexity index is 1320. The van der Waals surface area contributed by atoms with E-state index in [1.807, 2.05) is 55.5 Å². The van der Waals surface area contributed by atoms with Crippen LogP contribution >= 0.6 is 35.6 Å². The molecule has 1 aliphatic rings. The minimum Gasteiger partial charge on any atom is -0.493 e. The normalized spacial score (nSPS) is 15.2. The maximum Gasteiger partial charge on any atom is 0.266 e. The van der Waals surface area contributed by atoms with E-state index in [4.69, 9.17) is 33.3 Å². The molecule has 2 amide bonds. The molecule has 36 heavy (non-hydrogen) atoms. The number of amides is 2. The minimum absolute atomic E-state index is 0.172. The highest BCUT2D eigenvalue weighted by Gasteiger charge is 2.36. The number of ether oxygens (including phenoxy) is 2. The summed E-state index contributed by atoms with van der Waals surface area (Å²) < 4.78 is 11.6. The predicted molar refractivity (Wildman–Crippen MR) is 148 cm³/mol. The molecule has 3 aromatic carbocycles. The van der Waals surface area contributed by atoms with Crippen molar-refractivity contribution in [2.45, 2.75) is 13.0 Å². The van der Waals surface area contributed by atoms with E-state index in [1.54, 1.807) is 35.2 Å². The quantitative estimate of drug-likeness (QED) is 0.267. The van der Waals surface area contributed by atoms with Crippen molar-refractivity contribution in [1.29, 1.82) is 0 Å². The Kier molecular flexibility index (Phi) is 8.30. The first-order valence-corrected chi connectivity index (χ1v) is 12.6. The molecule has 0 unspecified atom stereocenters. The molecule has 1 heterocycles. The van der Waals surface area contributed by atoms with E-state index >= 15 is 0 Å². The van der Waals surface area contributed by atoms with Crippen LogP contribution in [0.5, 0.6) is 11.5 Å². The second-order valence-corrected chi connectivity index (χ2v) is 9.96. The van der Waals surface area contributed by atoms with Crippen LogP contribution in [0, 0.1) is 0 Å². The summed E-state index contributed by atoms with van der Waals surface area (Å²) in [6.45, 7) is 1.70. The van der Waals surface area contributed by atoms with Gasteiger partial charge in [0.25, 0.3) is 11.8 Å². The fourth-order valence-electron chi connectivity index (χ4n) is 3.67. The monoisotopic (exact) mass is 538 g/mol. The topological polar surface area (TPSA) is 67.9 Å². The number of thiocarbonyl (C=S) groups is 1. The molecule has 3 aromatic rings. The third-order valence-corrected chi connectivity index (χ3v) is 7.06. The van der Waals surface area contributed by atoms with Gasteiger partial charge in [-0.2, -0.15) is 0 Å². The van der Waals surface area contributed by atoms with Crippen LogP contribution < -0.4 is 14.8 Å². The van der Waals surface area contributed by atoms with Gasteiger partial charge in [0, 0.05) is 5.69 Å². The van der Waals surface area contributed by atoms with Crippen molar-refractivity contribution in [3.8, 4) is 11.5 Å². The molecule has 1 fully saturated rings. The molecular formula is C27H23ClN2O4S2. The molecule has 0 bridgehead atoms. The number of nitrogens with one attached hydrogen (secondary N) is 1. The molecule has 1 saturated heterocycles. The number of para-hydroxylation sites is 1. The van der Waals surface area contributed by atoms with E-state index in [-0.39, 0.29) is 35.2 Å². The standard InChI is InChI=1S/C27H23ClN2O4S2/c1-17(19-9-5-3-6-10-19)30-26(32)23(36-27(30)35)15-18-13-21(28)25(22(14-18)33-2)34-16-24(31)29-20-11-7-4-8-12-20/h3-15,17H,16H2,1-2H3,(H,29,31)/b23-15-/t17-/m1/s1. The molecule has 0 spiro atoms. The van der Waals surface area contributed by atoms with E-state index in [2.05, 4.69) is 5.32 Å². The third-order valence-electron chi connectivity index (χ3n) is 5.45. The lowest BCUT2D eigenvalue weighted by molar-refractivity contribution is -0.123. The summed E-state index contributed by atoms with van der Waals surface area (Å²) in [7, 11) is 1.48. The summed E-state index contributed by atoms with van der Waals surface area (Å²) in [5.74, 6) is 0.0770. The van der Waals surface area contributed by atoms with Crippen LogP contribution in [-0.2, 0) is 9.59 Å². The number of carbonyl (C=O) groups is 2. The lowest BCUT2D eigenvalue weighted by Gasteiger charge is -2.23. The first-order chi connectivity index (χ1) is 17.4. The molecule has 1 N–H and O–H groups in total. The Hall–Kier alpha value is -3.33. The number of methoxy groups -OCH3 is 1. The van der Waals surface area contributed by atoms with E-state index in [1.165, 1.54) is 18.9 Å². The lowest BCUT2D eigenvalue weighted by atomic mass is 10.1. The Morgan fingerprint density at radius 1 is 1.14 bits per heavy atom. The van der Waals surface area contributed by atoms with Crippen LogP contribution in [0.4, 0.5) is 5.69 Å². The summed E-state index contributed by atoms with van der Waals surface area (Å²) in [5.41, 5.74) is 2.31. The van der Waals surface area contributed by atoms with Gasteiger partial charge in [0.05, 0.1) is 23.1 Å². The molecule has 1 atom stereocenters. The molecule has 0 aromatic heterocycles. The van der Waals surface area contributed by atoms with E-state index in [9.17, 15) is 9.59 Å². The van der Waals surface area contributed by atoms with Gasteiger partial charge in [-0.1, -0.05) is 84.1 Å². The molecule has 9 heteroatoms. The van der Waals surface area contributed by atoms with Crippen molar-refractivity contribution in [1.82, 2.24) is 4.90 Å². The average Bonchev–Trinajstić information content (AvgIpc) is 3.16. The van der Waals surface area contributed by atoms with Crippen LogP contribution in [0.2, 0.25) is 5.02 Å². The summed E-state index contributed by atoms with van der Waals surface area (Å²) in [6.07, 6.45) is 1.72. The Labute approximate surface area is 224 Å². The van der Waals surface area contributed by atoms with Gasteiger partial charge in [-0.25, -0.2) is 0 Å². The summed E-state index contributed by atoms with van der Waals surface area (Å²) in [6, 6.07) is 22.0. The molecule has 0 saturated carbocycles. The Morgan fingerprint density at radius 2 is 1.81 bits per heavy atom. The van der Waals surface area contributed by atoms with Gasteiger partial charge in [0.2, 0.25) is 0 Å². The lowest BCUT2D eigenvalue weighted by Crippen LogP contribution is -2.30. The van der Waals surface area contributed by atoms with Crippen molar-refractivity contribution in [2.75, 3.05) is 19.0 Å². The maximum atomic E-state index is 13.2. The van der Waals surface area contributed by atoms with Crippen molar-refractivity contribution in [3.05, 3.63) is 93.9 Å². The van der Waals surface area contributed by atoms with Gasteiger partial charge >= 0.3 is 0 Å². The first kappa shape index (κ1) is 25.8. The molecule has 0 aliphatic carbocycles. The van der Waals surface area contributed by atoms with Gasteiger partial charge < -0.3 is 14.8 Å². The average molecular weight is 539 g/mol. The smallest absolute Gasteiger partial charge is 0.266 e. The molecule has 4 rings (SSSR count). The summed E-state index contributed by atoms with van der Waals surface area (Å²) in [4.78, 5) is 27.5. The molecule has 0 radical (unpaired) electrons. The number of hydrogen-bond donors (Lipinski definition) is 1. The van der Waals surface area contributed by atoms with Gasteiger partial charge in [0.15, 0.2) is 18.1 Å². The van der Waals surface area contributed by atoms with Crippen molar-refractivity contribution < 1.29 is 19.1 Å². The third kappa shape index (κ3) is 5.90. The highest BCUT2D eigenvalue weighted by atomic mass is 35.5. The predicted octanol–water partition coefficient (Wildman–Crippen LogP) is 6.33. The van der Waals surface area contributed by atoms with Crippen LogP contribution in [0.25, 0.3) is 6.08 Å². The van der Waals surface area contributed by atoms with Crippen LogP contribution in [0.15, 0.2) is 77.7 Å². The van der Waals surface area contributed by atoms with Crippen molar-refractivity contribution in [3.63, 3.8) is 0 Å². The van der Waals surface area contributed by atoms with E-state index < -0.39 is 0 Å². The highest BCUT2D eigenvalue weighted by Crippen LogP contribution is 2.41. The van der Waals surface area contributed by atoms with Gasteiger partial charge in [0.1, 0.15) is 4.32 Å². The van der Waals surface area contributed by atoms with Gasteiger partial charge in [-0.15, -0.1) is 0 Å². The fourth-order valence-corrected chi connectivity index (χ4v) is 5.36. The van der Waals surface area contributed by atoms with Gasteiger partial charge in [-0.3, -0.25) is 14.5 Å². The largest absolute Gasteiger partial charge is 0.493 e. The number of rotatable bonds is 8. The Balaban J connectivity index is 1.49. The Morgan fingerprint density at radius 3 is 2.47 bits per heavy atom. The van der Waals surface area contributed by atoms with Crippen LogP contribution in [0.1, 0.15) is 24.1 Å². The second kappa shape index (κ2) is 11.6. The SMILES string of the molecule is COc1cc(/C=C2\SC(=S)N([C@H](C)c3ccccc3)C2=O)cc(Cl)c1OCC(=O)Nc1ccccc1.